The number of nitro benzene ring substituents is 1. The number of unbranched alkanes of at least 4 members (excludes halogenated alkanes) is 13. The van der Waals surface area contributed by atoms with Gasteiger partial charge in [0.15, 0.2) is 28.3 Å². The number of aromatic nitrogens is 1. The van der Waals surface area contributed by atoms with Gasteiger partial charge in [0.1, 0.15) is 23.1 Å². The first-order valence-corrected chi connectivity index (χ1v) is 26.4. The summed E-state index contributed by atoms with van der Waals surface area (Å²) in [5, 5.41) is 12.9. The summed E-state index contributed by atoms with van der Waals surface area (Å²) >= 11 is 0. The molecule has 1 heterocycles. The molecule has 0 aromatic heterocycles. The zero-order chi connectivity index (χ0) is 50.3. The maximum atomic E-state index is 13.2. The molecule has 5 rings (SSSR count). The number of hydrogen-bond donors (Lipinski definition) is 1. The molecular formula is C52H72N3O14P. The Labute approximate surface area is 411 Å². The van der Waals surface area contributed by atoms with Crippen LogP contribution in [0.25, 0.3) is 33.3 Å². The maximum Gasteiger partial charge on any atom is 0.472 e. The molecule has 2 aliphatic rings. The second-order valence-corrected chi connectivity index (χ2v) is 18.8. The highest BCUT2D eigenvalue weighted by atomic mass is 31.2. The first-order valence-electron chi connectivity index (χ1n) is 24.9. The fourth-order valence-electron chi connectivity index (χ4n) is 8.29. The highest BCUT2D eigenvalue weighted by Crippen LogP contribution is 2.46. The van der Waals surface area contributed by atoms with Crippen LogP contribution in [0, 0.1) is 10.1 Å². The summed E-state index contributed by atoms with van der Waals surface area (Å²) in [5.41, 5.74) is 2.46. The van der Waals surface area contributed by atoms with Crippen LogP contribution in [0.3, 0.4) is 0 Å². The standard InChI is InChI=1S/C52H72N3O14P/c1-6-9-10-17-20-26-50(57)68-40(37-67-70(60,61)66-35-38-31-47(62-4)48(63-5)33-43(38)55(58)59)36-64-29-21-18-15-13-11-12-14-16-19-22-30-65-45-25-23-24-41-44(56)34-49-52(51(41)45)53-42-28-27-39(32-46(42)69-49)54(7-2)8-3/h23-25,27-28,31-34,40H,6-22,26,29-30,35-37H2,1-5H3,(H,60,61)/t40-/m1/s1. The van der Waals surface area contributed by atoms with E-state index in [1.54, 1.807) is 0 Å². The van der Waals surface area contributed by atoms with Gasteiger partial charge in [0.2, 0.25) is 0 Å². The second-order valence-electron chi connectivity index (χ2n) is 17.3. The number of methoxy groups -OCH3 is 2. The predicted octanol–water partition coefficient (Wildman–Crippen LogP) is 12.1. The third-order valence-corrected chi connectivity index (χ3v) is 13.1. The normalized spacial score (nSPS) is 12.8. The molecule has 70 heavy (non-hydrogen) atoms. The molecule has 2 atom stereocenters. The Hall–Kier alpha value is -5.32. The van der Waals surface area contributed by atoms with E-state index in [1.807, 2.05) is 36.4 Å². The fourth-order valence-corrected chi connectivity index (χ4v) is 9.02. The minimum atomic E-state index is -4.75. The van der Waals surface area contributed by atoms with Gasteiger partial charge in [-0.05, 0) is 57.4 Å². The Morgan fingerprint density at radius 2 is 1.46 bits per heavy atom. The Morgan fingerprint density at radius 3 is 2.13 bits per heavy atom. The Morgan fingerprint density at radius 1 is 0.800 bits per heavy atom. The van der Waals surface area contributed by atoms with Crippen molar-refractivity contribution >= 4 is 47.0 Å². The van der Waals surface area contributed by atoms with Gasteiger partial charge in [0, 0.05) is 49.3 Å². The Kier molecular flexibility index (Phi) is 23.1. The van der Waals surface area contributed by atoms with Crippen molar-refractivity contribution in [2.75, 3.05) is 58.6 Å². The van der Waals surface area contributed by atoms with Crippen molar-refractivity contribution in [3.8, 4) is 28.7 Å². The largest absolute Gasteiger partial charge is 0.493 e. The first kappa shape index (κ1) is 55.6. The number of nitrogens with zero attached hydrogens (tertiary/aromatic N) is 3. The van der Waals surface area contributed by atoms with Gasteiger partial charge in [0.25, 0.3) is 5.69 Å². The van der Waals surface area contributed by atoms with Crippen molar-refractivity contribution in [1.82, 2.24) is 4.98 Å². The zero-order valence-electron chi connectivity index (χ0n) is 41.6. The number of phosphoric acid groups is 1. The van der Waals surface area contributed by atoms with E-state index in [9.17, 15) is 29.2 Å². The number of carbonyl (C=O) groups excluding carboxylic acids is 1. The van der Waals surface area contributed by atoms with Crippen molar-refractivity contribution in [3.63, 3.8) is 0 Å². The van der Waals surface area contributed by atoms with Crippen molar-refractivity contribution in [1.29, 1.82) is 0 Å². The summed E-state index contributed by atoms with van der Waals surface area (Å²) in [7, 11) is -2.07. The maximum absolute atomic E-state index is 13.2. The molecule has 0 radical (unpaired) electrons. The van der Waals surface area contributed by atoms with Crippen LogP contribution in [0.15, 0.2) is 63.8 Å². The summed E-state index contributed by atoms with van der Waals surface area (Å²) in [6.45, 7) is 7.87. The van der Waals surface area contributed by atoms with Crippen LogP contribution < -0.4 is 24.5 Å². The zero-order valence-corrected chi connectivity index (χ0v) is 42.5. The highest BCUT2D eigenvalue weighted by Gasteiger charge is 2.28. The molecule has 1 N–H and O–H groups in total. The van der Waals surface area contributed by atoms with E-state index < -0.39 is 43.7 Å². The van der Waals surface area contributed by atoms with Gasteiger partial charge in [-0.2, -0.15) is 0 Å². The lowest BCUT2D eigenvalue weighted by Crippen LogP contribution is -2.28. The molecule has 0 amide bonds. The quantitative estimate of drug-likeness (QED) is 0.00761. The topological polar surface area (TPSA) is 208 Å². The van der Waals surface area contributed by atoms with Crippen LogP contribution in [-0.4, -0.2) is 80.6 Å². The van der Waals surface area contributed by atoms with Gasteiger partial charge >= 0.3 is 13.8 Å². The van der Waals surface area contributed by atoms with Crippen LogP contribution in [0.1, 0.15) is 129 Å². The number of anilines is 1. The molecular weight excluding hydrogens is 922 g/mol. The van der Waals surface area contributed by atoms with Crippen LogP contribution in [-0.2, 0) is 34.5 Å². The summed E-state index contributed by atoms with van der Waals surface area (Å²) in [6.07, 6.45) is 14.4. The average Bonchev–Trinajstić information content (AvgIpc) is 3.35. The first-order chi connectivity index (χ1) is 33.9. The van der Waals surface area contributed by atoms with Gasteiger partial charge in [0.05, 0.1) is 62.6 Å². The molecule has 3 aromatic carbocycles. The van der Waals surface area contributed by atoms with Gasteiger partial charge in [-0.15, -0.1) is 0 Å². The summed E-state index contributed by atoms with van der Waals surface area (Å²) in [4.78, 5) is 54.5. The van der Waals surface area contributed by atoms with Gasteiger partial charge in [-0.3, -0.25) is 28.8 Å². The van der Waals surface area contributed by atoms with Gasteiger partial charge < -0.3 is 37.9 Å². The molecule has 384 valence electrons. The van der Waals surface area contributed by atoms with Gasteiger partial charge in [-0.1, -0.05) is 96.1 Å². The van der Waals surface area contributed by atoms with E-state index >= 15 is 0 Å². The number of fused-ring (bicyclic) bond motifs is 4. The summed E-state index contributed by atoms with van der Waals surface area (Å²) < 4.78 is 57.5. The molecule has 0 saturated carbocycles. The van der Waals surface area contributed by atoms with Crippen LogP contribution >= 0.6 is 7.82 Å². The molecule has 0 spiro atoms. The monoisotopic (exact) mass is 993 g/mol. The van der Waals surface area contributed by atoms with Crippen molar-refractivity contribution < 1.29 is 56.3 Å². The minimum Gasteiger partial charge on any atom is -0.493 e. The third kappa shape index (κ3) is 16.9. The van der Waals surface area contributed by atoms with E-state index in [-0.39, 0.29) is 35.5 Å². The number of hydrogen-bond acceptors (Lipinski definition) is 15. The van der Waals surface area contributed by atoms with E-state index in [4.69, 9.17) is 42.1 Å². The van der Waals surface area contributed by atoms with Crippen LogP contribution in [0.2, 0.25) is 0 Å². The van der Waals surface area contributed by atoms with Gasteiger partial charge in [-0.25, -0.2) is 9.55 Å². The number of ether oxygens (including phenoxy) is 5. The number of nitro groups is 1. The smallest absolute Gasteiger partial charge is 0.472 e. The van der Waals surface area contributed by atoms with Crippen molar-refractivity contribution in [2.45, 2.75) is 136 Å². The fraction of sp³-hybridized carbons (Fsp3) is 0.558. The number of phosphoric ester groups is 1. The van der Waals surface area contributed by atoms with E-state index in [0.29, 0.717) is 53.2 Å². The van der Waals surface area contributed by atoms with E-state index in [1.165, 1.54) is 26.4 Å². The average molecular weight is 994 g/mol. The minimum absolute atomic E-state index is 0.0310. The number of rotatable bonds is 35. The van der Waals surface area contributed by atoms with Crippen molar-refractivity contribution in [2.24, 2.45) is 0 Å². The third-order valence-electron chi connectivity index (χ3n) is 12.2. The predicted molar refractivity (Wildman–Crippen MR) is 270 cm³/mol. The van der Waals surface area contributed by atoms with E-state index in [2.05, 4.69) is 25.7 Å². The lowest BCUT2D eigenvalue weighted by molar-refractivity contribution is -0.385. The molecule has 1 aliphatic carbocycles. The molecule has 1 aliphatic heterocycles. The molecule has 0 fully saturated rings. The number of benzene rings is 4. The Balaban J connectivity index is 0.984. The molecule has 3 aromatic rings. The lowest BCUT2D eigenvalue weighted by atomic mass is 10.0. The number of carbonyl (C=O) groups is 1. The van der Waals surface area contributed by atoms with Crippen LogP contribution in [0.4, 0.5) is 11.4 Å². The molecule has 0 bridgehead atoms. The molecule has 0 saturated heterocycles. The molecule has 1 unspecified atom stereocenters. The van der Waals surface area contributed by atoms with Crippen LogP contribution in [0.5, 0.6) is 17.2 Å². The second kappa shape index (κ2) is 29.1. The number of esters is 1. The summed E-state index contributed by atoms with van der Waals surface area (Å²) in [5.74, 6) is 0.905. The molecule has 18 heteroatoms. The molecule has 17 nitrogen and oxygen atoms in total. The summed E-state index contributed by atoms with van der Waals surface area (Å²) in [6, 6.07) is 15.5. The highest BCUT2D eigenvalue weighted by molar-refractivity contribution is 7.47. The lowest BCUT2D eigenvalue weighted by Gasteiger charge is -2.21. The van der Waals surface area contributed by atoms with Crippen molar-refractivity contribution in [3.05, 3.63) is 80.5 Å². The van der Waals surface area contributed by atoms with E-state index in [0.717, 1.165) is 120 Å². The SMILES string of the molecule is CCCCCCCC(=O)O[C@H](COCCCCCCCCCCCCOc1cccc2c(=O)cc3oc4cc(N(CC)CC)ccc4nc-3c12)COP(=O)(O)OCc1cc(OC)c(OC)cc1[N+](=O)[O-]. The Bertz CT molecular complexity index is 2500.